The number of unbranched alkanes of at least 4 members (excludes halogenated alkanes) is 1. The summed E-state index contributed by atoms with van der Waals surface area (Å²) in [6.07, 6.45) is 2.01. The van der Waals surface area contributed by atoms with Gasteiger partial charge in [0.05, 0.1) is 6.54 Å². The highest BCUT2D eigenvalue weighted by Crippen LogP contribution is 2.05. The second kappa shape index (κ2) is 6.51. The summed E-state index contributed by atoms with van der Waals surface area (Å²) in [5.41, 5.74) is 4.45. The minimum atomic E-state index is -0.639. The number of hydrogen-bond acceptors (Lipinski definition) is 5. The van der Waals surface area contributed by atoms with Gasteiger partial charge in [-0.15, -0.1) is 0 Å². The average Bonchev–Trinajstić information content (AvgIpc) is 2.40. The van der Waals surface area contributed by atoms with E-state index in [9.17, 15) is 14.4 Å². The molecule has 0 spiro atoms. The van der Waals surface area contributed by atoms with Crippen molar-refractivity contribution in [3.8, 4) is 0 Å². The highest BCUT2D eigenvalue weighted by molar-refractivity contribution is 6.01. The largest absolute Gasteiger partial charge is 0.384 e. The smallest absolute Gasteiger partial charge is 0.332 e. The Bertz CT molecular complexity index is 615. The standard InChI is InChI=1S/C13H22N4O3/c1-5-6-7-15(2)8-9(18)10-11(14)16(3)13(20)17(4)12(10)19/h5-8,14H2,1-4H3. The van der Waals surface area contributed by atoms with E-state index in [1.807, 2.05) is 11.9 Å². The molecule has 0 saturated carbocycles. The number of carbonyl (C=O) groups is 1. The van der Waals surface area contributed by atoms with E-state index in [0.29, 0.717) is 0 Å². The van der Waals surface area contributed by atoms with Gasteiger partial charge in [-0.05, 0) is 20.0 Å². The summed E-state index contributed by atoms with van der Waals surface area (Å²) < 4.78 is 2.01. The lowest BCUT2D eigenvalue weighted by Crippen LogP contribution is -2.43. The van der Waals surface area contributed by atoms with E-state index in [0.717, 1.165) is 28.5 Å². The Kier molecular flexibility index (Phi) is 5.26. The first-order chi connectivity index (χ1) is 9.31. The molecule has 0 aliphatic carbocycles. The van der Waals surface area contributed by atoms with Gasteiger partial charge in [0.2, 0.25) is 0 Å². The minimum Gasteiger partial charge on any atom is -0.384 e. The minimum absolute atomic E-state index is 0.0769. The monoisotopic (exact) mass is 282 g/mol. The molecule has 0 unspecified atom stereocenters. The fourth-order valence-corrected chi connectivity index (χ4v) is 1.95. The van der Waals surface area contributed by atoms with Crippen LogP contribution in [-0.2, 0) is 14.1 Å². The van der Waals surface area contributed by atoms with E-state index in [-0.39, 0.29) is 23.7 Å². The fraction of sp³-hybridized carbons (Fsp3) is 0.615. The van der Waals surface area contributed by atoms with Gasteiger partial charge in [-0.1, -0.05) is 13.3 Å². The van der Waals surface area contributed by atoms with E-state index >= 15 is 0 Å². The van der Waals surface area contributed by atoms with Gasteiger partial charge in [-0.3, -0.25) is 23.6 Å². The maximum atomic E-state index is 12.2. The Balaban J connectivity index is 3.12. The first-order valence-corrected chi connectivity index (χ1v) is 6.58. The van der Waals surface area contributed by atoms with E-state index in [2.05, 4.69) is 6.92 Å². The van der Waals surface area contributed by atoms with Crippen LogP contribution in [0.15, 0.2) is 9.59 Å². The van der Waals surface area contributed by atoms with Gasteiger partial charge in [0.25, 0.3) is 5.56 Å². The Morgan fingerprint density at radius 1 is 1.25 bits per heavy atom. The van der Waals surface area contributed by atoms with Gasteiger partial charge in [-0.2, -0.15) is 0 Å². The molecule has 7 heteroatoms. The van der Waals surface area contributed by atoms with Crippen LogP contribution in [0.1, 0.15) is 30.1 Å². The number of nitrogen functional groups attached to an aromatic ring is 1. The summed E-state index contributed by atoms with van der Waals surface area (Å²) in [5.74, 6) is -0.440. The molecule has 0 aliphatic rings. The molecule has 0 bridgehead atoms. The molecule has 0 radical (unpaired) electrons. The van der Waals surface area contributed by atoms with Gasteiger partial charge >= 0.3 is 5.69 Å². The van der Waals surface area contributed by atoms with Crippen LogP contribution in [0.5, 0.6) is 0 Å². The van der Waals surface area contributed by atoms with Crippen molar-refractivity contribution < 1.29 is 4.79 Å². The second-order valence-corrected chi connectivity index (χ2v) is 4.98. The van der Waals surface area contributed by atoms with Gasteiger partial charge in [0.15, 0.2) is 5.78 Å². The number of likely N-dealkylation sites (N-methyl/N-ethyl adjacent to an activating group) is 1. The van der Waals surface area contributed by atoms with Crippen molar-refractivity contribution in [3.05, 3.63) is 26.4 Å². The first kappa shape index (κ1) is 16.2. The van der Waals surface area contributed by atoms with Crippen LogP contribution in [0.2, 0.25) is 0 Å². The van der Waals surface area contributed by atoms with E-state index in [4.69, 9.17) is 5.73 Å². The van der Waals surface area contributed by atoms with Crippen molar-refractivity contribution in [3.63, 3.8) is 0 Å². The Hall–Kier alpha value is -1.89. The molecule has 1 heterocycles. The molecule has 20 heavy (non-hydrogen) atoms. The molecule has 0 amide bonds. The third-order valence-electron chi connectivity index (χ3n) is 3.30. The molecule has 0 aromatic carbocycles. The van der Waals surface area contributed by atoms with Gasteiger partial charge in [0, 0.05) is 14.1 Å². The molecule has 1 aromatic heterocycles. The predicted octanol–water partition coefficient (Wildman–Crippen LogP) is -0.419. The summed E-state index contributed by atoms with van der Waals surface area (Å²) in [4.78, 5) is 37.8. The summed E-state index contributed by atoms with van der Waals surface area (Å²) in [7, 11) is 4.59. The maximum absolute atomic E-state index is 12.2. The molecule has 112 valence electrons. The number of hydrogen-bond donors (Lipinski definition) is 1. The summed E-state index contributed by atoms with van der Waals surface area (Å²) in [6, 6.07) is 0. The molecular weight excluding hydrogens is 260 g/mol. The second-order valence-electron chi connectivity index (χ2n) is 4.98. The number of carbonyl (C=O) groups excluding carboxylic acids is 1. The lowest BCUT2D eigenvalue weighted by atomic mass is 10.1. The van der Waals surface area contributed by atoms with Crippen LogP contribution < -0.4 is 17.0 Å². The van der Waals surface area contributed by atoms with Crippen LogP contribution in [0.25, 0.3) is 0 Å². The molecule has 0 atom stereocenters. The molecule has 0 saturated heterocycles. The number of anilines is 1. The van der Waals surface area contributed by atoms with E-state index in [1.54, 1.807) is 0 Å². The number of Topliss-reactive ketones (excluding diaryl/α,β-unsaturated/α-hetero) is 1. The molecular formula is C13H22N4O3. The lowest BCUT2D eigenvalue weighted by molar-refractivity contribution is 0.0943. The predicted molar refractivity (Wildman–Crippen MR) is 78.1 cm³/mol. The molecule has 2 N–H and O–H groups in total. The lowest BCUT2D eigenvalue weighted by Gasteiger charge is -2.16. The van der Waals surface area contributed by atoms with Gasteiger partial charge < -0.3 is 5.73 Å². The van der Waals surface area contributed by atoms with Crippen molar-refractivity contribution in [2.45, 2.75) is 19.8 Å². The number of aromatic nitrogens is 2. The zero-order chi connectivity index (χ0) is 15.4. The first-order valence-electron chi connectivity index (χ1n) is 6.58. The molecule has 0 fully saturated rings. The average molecular weight is 282 g/mol. The molecule has 1 rings (SSSR count). The van der Waals surface area contributed by atoms with Crippen molar-refractivity contribution in [2.75, 3.05) is 25.9 Å². The fourth-order valence-electron chi connectivity index (χ4n) is 1.95. The quantitative estimate of drug-likeness (QED) is 0.716. The van der Waals surface area contributed by atoms with Crippen molar-refractivity contribution in [1.82, 2.24) is 14.0 Å². The van der Waals surface area contributed by atoms with Crippen LogP contribution in [0.3, 0.4) is 0 Å². The van der Waals surface area contributed by atoms with Crippen LogP contribution in [0.4, 0.5) is 5.82 Å². The number of rotatable bonds is 6. The maximum Gasteiger partial charge on any atom is 0.332 e. The molecule has 1 aromatic rings. The van der Waals surface area contributed by atoms with Crippen LogP contribution in [-0.4, -0.2) is 40.0 Å². The third kappa shape index (κ3) is 3.16. The van der Waals surface area contributed by atoms with Crippen LogP contribution in [0, 0.1) is 0 Å². The zero-order valence-corrected chi connectivity index (χ0v) is 12.5. The topological polar surface area (TPSA) is 90.3 Å². The third-order valence-corrected chi connectivity index (χ3v) is 3.30. The van der Waals surface area contributed by atoms with E-state index in [1.165, 1.54) is 14.1 Å². The normalized spacial score (nSPS) is 11.1. The molecule has 0 aliphatic heterocycles. The summed E-state index contributed by atoms with van der Waals surface area (Å²) >= 11 is 0. The van der Waals surface area contributed by atoms with Crippen molar-refractivity contribution in [2.24, 2.45) is 14.1 Å². The van der Waals surface area contributed by atoms with Crippen LogP contribution >= 0.6 is 0 Å². The number of nitrogens with two attached hydrogens (primary N) is 1. The van der Waals surface area contributed by atoms with E-state index < -0.39 is 11.2 Å². The Labute approximate surface area is 117 Å². The van der Waals surface area contributed by atoms with Gasteiger partial charge in [-0.25, -0.2) is 4.79 Å². The Morgan fingerprint density at radius 2 is 1.85 bits per heavy atom. The Morgan fingerprint density at radius 3 is 2.40 bits per heavy atom. The number of ketones is 1. The highest BCUT2D eigenvalue weighted by atomic mass is 16.2. The van der Waals surface area contributed by atoms with Gasteiger partial charge in [0.1, 0.15) is 11.4 Å². The molecule has 7 nitrogen and oxygen atoms in total. The van der Waals surface area contributed by atoms with Crippen molar-refractivity contribution >= 4 is 11.6 Å². The van der Waals surface area contributed by atoms with Crippen molar-refractivity contribution in [1.29, 1.82) is 0 Å². The summed E-state index contributed by atoms with van der Waals surface area (Å²) in [6.45, 7) is 2.95. The highest BCUT2D eigenvalue weighted by Gasteiger charge is 2.20. The zero-order valence-electron chi connectivity index (χ0n) is 12.5. The summed E-state index contributed by atoms with van der Waals surface area (Å²) in [5, 5.41) is 0. The number of nitrogens with zero attached hydrogens (tertiary/aromatic N) is 3. The SMILES string of the molecule is CCCCN(C)CC(=O)c1c(N)n(C)c(=O)n(C)c1=O.